The van der Waals surface area contributed by atoms with Crippen LogP contribution in [0.1, 0.15) is 27.0 Å². The van der Waals surface area contributed by atoms with Crippen LogP contribution in [0.3, 0.4) is 0 Å². The van der Waals surface area contributed by atoms with Gasteiger partial charge >= 0.3 is 0 Å². The number of carbonyl (C=O) groups is 1. The molecule has 4 aromatic rings. The van der Waals surface area contributed by atoms with Crippen LogP contribution in [0, 0.1) is 6.92 Å². The van der Waals surface area contributed by atoms with Crippen molar-refractivity contribution in [3.05, 3.63) is 129 Å². The van der Waals surface area contributed by atoms with E-state index < -0.39 is 15.9 Å². The van der Waals surface area contributed by atoms with E-state index in [1.165, 1.54) is 10.5 Å². The van der Waals surface area contributed by atoms with Gasteiger partial charge in [0.15, 0.2) is 0 Å². The first-order valence-corrected chi connectivity index (χ1v) is 13.5. The average molecular weight is 552 g/mol. The van der Waals surface area contributed by atoms with Crippen LogP contribution in [0.2, 0.25) is 10.0 Å². The zero-order chi connectivity index (χ0) is 26.4. The first kappa shape index (κ1) is 26.4. The molecule has 0 spiro atoms. The Kier molecular flexibility index (Phi) is 8.28. The number of nitrogens with zero attached hydrogens (tertiary/aromatic N) is 2. The van der Waals surface area contributed by atoms with E-state index >= 15 is 0 Å². The number of rotatable bonds is 8. The summed E-state index contributed by atoms with van der Waals surface area (Å²) >= 11 is 12.2. The van der Waals surface area contributed by atoms with E-state index in [9.17, 15) is 13.2 Å². The van der Waals surface area contributed by atoms with Crippen molar-refractivity contribution in [1.82, 2.24) is 5.43 Å². The number of hydrazone groups is 1. The highest BCUT2D eigenvalue weighted by Crippen LogP contribution is 2.32. The van der Waals surface area contributed by atoms with Crippen LogP contribution in [0.25, 0.3) is 0 Å². The fraction of sp³-hybridized carbons (Fsp3) is 0.0714. The fourth-order valence-corrected chi connectivity index (χ4v) is 5.42. The third-order valence-electron chi connectivity index (χ3n) is 5.63. The predicted octanol–water partition coefficient (Wildman–Crippen LogP) is 6.46. The standard InChI is InChI=1S/C28H23Cl2N3O3S/c1-20-26(30)8-5-9-27(20)33(37(35,36)25-6-3-2-4-7-25)19-22-10-14-23(15-11-22)28(34)32-31-18-21-12-16-24(29)17-13-21/h2-18H,19H2,1H3,(H,32,34)/b31-18-. The minimum atomic E-state index is -3.89. The second-order valence-corrected chi connectivity index (χ2v) is 10.9. The molecule has 0 fully saturated rings. The number of benzene rings is 4. The van der Waals surface area contributed by atoms with Crippen LogP contribution in [0.15, 0.2) is 107 Å². The minimum absolute atomic E-state index is 0.0506. The summed E-state index contributed by atoms with van der Waals surface area (Å²) in [7, 11) is -3.89. The molecule has 0 radical (unpaired) electrons. The van der Waals surface area contributed by atoms with E-state index in [1.54, 1.807) is 104 Å². The lowest BCUT2D eigenvalue weighted by molar-refractivity contribution is 0.0955. The molecule has 0 heterocycles. The molecule has 188 valence electrons. The Morgan fingerprint density at radius 2 is 1.57 bits per heavy atom. The molecule has 0 aliphatic heterocycles. The molecule has 0 unspecified atom stereocenters. The van der Waals surface area contributed by atoms with Crippen molar-refractivity contribution >= 4 is 51.0 Å². The van der Waals surface area contributed by atoms with E-state index in [2.05, 4.69) is 10.5 Å². The molecule has 0 saturated carbocycles. The van der Waals surface area contributed by atoms with E-state index in [0.717, 1.165) is 5.56 Å². The number of amides is 1. The monoisotopic (exact) mass is 551 g/mol. The normalized spacial score (nSPS) is 11.4. The quantitative estimate of drug-likeness (QED) is 0.201. The Bertz CT molecular complexity index is 1520. The number of carbonyl (C=O) groups excluding carboxylic acids is 1. The highest BCUT2D eigenvalue weighted by molar-refractivity contribution is 7.92. The summed E-state index contributed by atoms with van der Waals surface area (Å²) in [5.74, 6) is -0.392. The van der Waals surface area contributed by atoms with Gasteiger partial charge in [-0.1, -0.05) is 71.7 Å². The van der Waals surface area contributed by atoms with Gasteiger partial charge in [0, 0.05) is 15.6 Å². The van der Waals surface area contributed by atoms with Gasteiger partial charge in [-0.15, -0.1) is 0 Å². The highest BCUT2D eigenvalue weighted by atomic mass is 35.5. The summed E-state index contributed by atoms with van der Waals surface area (Å²) in [6.45, 7) is 1.83. The third-order valence-corrected chi connectivity index (χ3v) is 8.07. The maximum Gasteiger partial charge on any atom is 0.271 e. The molecule has 0 bridgehead atoms. The first-order valence-electron chi connectivity index (χ1n) is 11.3. The Labute approximate surface area is 226 Å². The van der Waals surface area contributed by atoms with E-state index in [0.29, 0.717) is 32.4 Å². The zero-order valence-corrected chi connectivity index (χ0v) is 22.1. The Balaban J connectivity index is 1.55. The third kappa shape index (κ3) is 6.38. The number of nitrogens with one attached hydrogen (secondary N) is 1. The summed E-state index contributed by atoms with van der Waals surface area (Å²) in [5.41, 5.74) is 5.48. The molecular formula is C28H23Cl2N3O3S. The summed E-state index contributed by atoms with van der Waals surface area (Å²) in [6, 6.07) is 27.1. The molecule has 4 aromatic carbocycles. The topological polar surface area (TPSA) is 78.8 Å². The Morgan fingerprint density at radius 1 is 0.892 bits per heavy atom. The van der Waals surface area contributed by atoms with Crippen molar-refractivity contribution in [2.75, 3.05) is 4.31 Å². The molecule has 0 saturated heterocycles. The smallest absolute Gasteiger partial charge is 0.267 e. The molecule has 9 heteroatoms. The Morgan fingerprint density at radius 3 is 2.24 bits per heavy atom. The van der Waals surface area contributed by atoms with Gasteiger partial charge in [0.1, 0.15) is 0 Å². The number of halogens is 2. The lowest BCUT2D eigenvalue weighted by Gasteiger charge is -2.26. The van der Waals surface area contributed by atoms with Gasteiger partial charge in [-0.3, -0.25) is 9.10 Å². The van der Waals surface area contributed by atoms with Crippen molar-refractivity contribution in [3.63, 3.8) is 0 Å². The molecule has 4 rings (SSSR count). The highest BCUT2D eigenvalue weighted by Gasteiger charge is 2.27. The molecule has 1 N–H and O–H groups in total. The van der Waals surface area contributed by atoms with Gasteiger partial charge in [0.05, 0.1) is 23.3 Å². The molecule has 0 aliphatic rings. The van der Waals surface area contributed by atoms with Crippen LogP contribution in [0.4, 0.5) is 5.69 Å². The number of hydrogen-bond acceptors (Lipinski definition) is 4. The van der Waals surface area contributed by atoms with Crippen molar-refractivity contribution < 1.29 is 13.2 Å². The van der Waals surface area contributed by atoms with Crippen LogP contribution in [-0.2, 0) is 16.6 Å². The Hall–Kier alpha value is -3.65. The van der Waals surface area contributed by atoms with E-state index in [1.807, 2.05) is 0 Å². The van der Waals surface area contributed by atoms with E-state index in [-0.39, 0.29) is 11.4 Å². The lowest BCUT2D eigenvalue weighted by Crippen LogP contribution is -2.31. The minimum Gasteiger partial charge on any atom is -0.267 e. The van der Waals surface area contributed by atoms with E-state index in [4.69, 9.17) is 23.2 Å². The summed E-state index contributed by atoms with van der Waals surface area (Å²) in [6.07, 6.45) is 1.52. The average Bonchev–Trinajstić information content (AvgIpc) is 2.91. The number of anilines is 1. The second-order valence-electron chi connectivity index (χ2n) is 8.16. The largest absolute Gasteiger partial charge is 0.271 e. The SMILES string of the molecule is Cc1c(Cl)cccc1N(Cc1ccc(C(=O)N/N=C\c2ccc(Cl)cc2)cc1)S(=O)(=O)c1ccccc1. The maximum atomic E-state index is 13.6. The molecule has 0 atom stereocenters. The van der Waals surface area contributed by atoms with Crippen molar-refractivity contribution in [3.8, 4) is 0 Å². The molecular weight excluding hydrogens is 529 g/mol. The van der Waals surface area contributed by atoms with Gasteiger partial charge in [-0.25, -0.2) is 13.8 Å². The summed E-state index contributed by atoms with van der Waals surface area (Å²) in [4.78, 5) is 12.7. The maximum absolute atomic E-state index is 13.6. The second kappa shape index (κ2) is 11.6. The van der Waals surface area contributed by atoms with Gasteiger partial charge in [0.25, 0.3) is 15.9 Å². The fourth-order valence-electron chi connectivity index (χ4n) is 3.59. The molecule has 1 amide bonds. The lowest BCUT2D eigenvalue weighted by atomic mass is 10.1. The summed E-state index contributed by atoms with van der Waals surface area (Å²) in [5, 5.41) is 5.06. The summed E-state index contributed by atoms with van der Waals surface area (Å²) < 4.78 is 28.6. The molecule has 6 nitrogen and oxygen atoms in total. The van der Waals surface area contributed by atoms with Gasteiger partial charge in [-0.2, -0.15) is 5.10 Å². The van der Waals surface area contributed by atoms with Crippen molar-refractivity contribution in [2.24, 2.45) is 5.10 Å². The van der Waals surface area contributed by atoms with Crippen LogP contribution >= 0.6 is 23.2 Å². The van der Waals surface area contributed by atoms with Crippen LogP contribution in [-0.4, -0.2) is 20.5 Å². The van der Waals surface area contributed by atoms with Gasteiger partial charge in [-0.05, 0) is 72.1 Å². The predicted molar refractivity (Wildman–Crippen MR) is 149 cm³/mol. The molecule has 37 heavy (non-hydrogen) atoms. The van der Waals surface area contributed by atoms with Crippen LogP contribution < -0.4 is 9.73 Å². The van der Waals surface area contributed by atoms with Gasteiger partial charge < -0.3 is 0 Å². The van der Waals surface area contributed by atoms with Crippen molar-refractivity contribution in [2.45, 2.75) is 18.4 Å². The number of sulfonamides is 1. The van der Waals surface area contributed by atoms with Gasteiger partial charge in [0.2, 0.25) is 0 Å². The number of hydrogen-bond donors (Lipinski definition) is 1. The van der Waals surface area contributed by atoms with Crippen molar-refractivity contribution in [1.29, 1.82) is 0 Å². The van der Waals surface area contributed by atoms with Crippen LogP contribution in [0.5, 0.6) is 0 Å². The molecule has 0 aliphatic carbocycles. The first-order chi connectivity index (χ1) is 17.8. The zero-order valence-electron chi connectivity index (χ0n) is 19.8. The molecule has 0 aromatic heterocycles.